The lowest BCUT2D eigenvalue weighted by atomic mass is 10.0. The molecule has 1 aliphatic carbocycles. The molecule has 6 nitrogen and oxygen atoms in total. The number of hydrogen-bond acceptors (Lipinski definition) is 4. The van der Waals surface area contributed by atoms with Gasteiger partial charge in [-0.1, -0.05) is 54.1 Å². The molecule has 0 aliphatic heterocycles. The van der Waals surface area contributed by atoms with E-state index in [9.17, 15) is 13.2 Å². The summed E-state index contributed by atoms with van der Waals surface area (Å²) in [6.45, 7) is 5.36. The number of anilines is 1. The van der Waals surface area contributed by atoms with Crippen LogP contribution in [0.1, 0.15) is 33.4 Å². The molecule has 0 heterocycles. The van der Waals surface area contributed by atoms with Gasteiger partial charge in [-0.25, -0.2) is 13.8 Å². The minimum absolute atomic E-state index is 0.125. The lowest BCUT2D eigenvalue weighted by molar-refractivity contribution is -0.119. The van der Waals surface area contributed by atoms with Crippen molar-refractivity contribution < 1.29 is 13.2 Å². The van der Waals surface area contributed by atoms with Gasteiger partial charge in [0.15, 0.2) is 0 Å². The van der Waals surface area contributed by atoms with Gasteiger partial charge in [0.05, 0.1) is 16.8 Å². The van der Waals surface area contributed by atoms with Crippen LogP contribution in [0.25, 0.3) is 10.8 Å². The number of carbonyl (C=O) groups is 1. The highest BCUT2D eigenvalue weighted by Gasteiger charge is 2.27. The van der Waals surface area contributed by atoms with Crippen LogP contribution in [0.2, 0.25) is 0 Å². The van der Waals surface area contributed by atoms with E-state index in [1.165, 1.54) is 16.5 Å². The second-order valence-electron chi connectivity index (χ2n) is 9.54. The van der Waals surface area contributed by atoms with E-state index in [-0.39, 0.29) is 4.90 Å². The Kier molecular flexibility index (Phi) is 6.56. The highest BCUT2D eigenvalue weighted by molar-refractivity contribution is 7.92. The van der Waals surface area contributed by atoms with Crippen molar-refractivity contribution in [2.45, 2.75) is 38.5 Å². The normalized spacial score (nSPS) is 12.8. The molecule has 1 aliphatic rings. The molecule has 188 valence electrons. The molecule has 0 unspecified atom stereocenters. The third-order valence-corrected chi connectivity index (χ3v) is 8.77. The first-order valence-corrected chi connectivity index (χ1v) is 13.7. The van der Waals surface area contributed by atoms with Crippen molar-refractivity contribution in [1.29, 1.82) is 0 Å². The van der Waals surface area contributed by atoms with Crippen molar-refractivity contribution in [3.63, 3.8) is 0 Å². The van der Waals surface area contributed by atoms with Crippen molar-refractivity contribution in [3.05, 3.63) is 106 Å². The molecule has 1 N–H and O–H groups in total. The molecule has 0 bridgehead atoms. The van der Waals surface area contributed by atoms with Crippen molar-refractivity contribution in [2.75, 3.05) is 10.8 Å². The number of sulfonamides is 1. The maximum atomic E-state index is 13.6. The first-order chi connectivity index (χ1) is 17.7. The lowest BCUT2D eigenvalue weighted by Gasteiger charge is -2.24. The van der Waals surface area contributed by atoms with Crippen LogP contribution in [0, 0.1) is 20.8 Å². The fraction of sp³-hybridized carbons (Fsp3) is 0.200. The first kappa shape index (κ1) is 24.7. The van der Waals surface area contributed by atoms with Gasteiger partial charge in [-0.2, -0.15) is 5.10 Å². The van der Waals surface area contributed by atoms with Gasteiger partial charge in [-0.3, -0.25) is 9.10 Å². The lowest BCUT2D eigenvalue weighted by Crippen LogP contribution is -2.39. The van der Waals surface area contributed by atoms with E-state index in [0.717, 1.165) is 44.8 Å². The summed E-state index contributed by atoms with van der Waals surface area (Å²) in [4.78, 5) is 13.1. The molecule has 4 aromatic rings. The van der Waals surface area contributed by atoms with E-state index >= 15 is 0 Å². The molecule has 0 fully saturated rings. The van der Waals surface area contributed by atoms with E-state index in [2.05, 4.69) is 28.7 Å². The summed E-state index contributed by atoms with van der Waals surface area (Å²) in [6, 6.07) is 22.3. The van der Waals surface area contributed by atoms with Gasteiger partial charge in [0, 0.05) is 5.56 Å². The fourth-order valence-electron chi connectivity index (χ4n) is 4.75. The van der Waals surface area contributed by atoms with Gasteiger partial charge in [-0.15, -0.1) is 0 Å². The third kappa shape index (κ3) is 4.87. The number of benzene rings is 4. The Labute approximate surface area is 217 Å². The van der Waals surface area contributed by atoms with Crippen LogP contribution >= 0.6 is 0 Å². The Bertz CT molecular complexity index is 1630. The van der Waals surface area contributed by atoms with E-state index < -0.39 is 22.5 Å². The molecule has 0 saturated heterocycles. The van der Waals surface area contributed by atoms with Gasteiger partial charge in [-0.05, 0) is 90.9 Å². The van der Waals surface area contributed by atoms with E-state index in [1.807, 2.05) is 39.0 Å². The number of nitrogens with one attached hydrogen (secondary N) is 1. The molecule has 0 radical (unpaired) electrons. The van der Waals surface area contributed by atoms with E-state index in [4.69, 9.17) is 0 Å². The molecular weight excluding hydrogens is 482 g/mol. The Morgan fingerprint density at radius 1 is 0.919 bits per heavy atom. The van der Waals surface area contributed by atoms with Crippen molar-refractivity contribution in [2.24, 2.45) is 5.10 Å². The summed E-state index contributed by atoms with van der Waals surface area (Å²) >= 11 is 0. The Hall–Kier alpha value is -3.97. The minimum Gasteiger partial charge on any atom is -0.271 e. The smallest absolute Gasteiger partial charge is 0.264 e. The molecule has 0 atom stereocenters. The standard InChI is InChI=1S/C30H29N3O3S/c1-20-7-15-27(16-8-20)37(35,36)33(26-14-9-21(2)22(3)17-26)19-29(34)32-31-18-25-13-12-24-11-10-23-5-4-6-28(25)30(23)24/h4-9,12-18H,10-11,19H2,1-3H3,(H,32,34)/b31-18-. The summed E-state index contributed by atoms with van der Waals surface area (Å²) in [7, 11) is -3.98. The maximum absolute atomic E-state index is 13.6. The van der Waals surface area contributed by atoms with Crippen molar-refractivity contribution in [1.82, 2.24) is 5.43 Å². The number of hydrogen-bond donors (Lipinski definition) is 1. The topological polar surface area (TPSA) is 78.8 Å². The van der Waals surface area contributed by atoms with Crippen LogP contribution in [0.4, 0.5) is 5.69 Å². The summed E-state index contributed by atoms with van der Waals surface area (Å²) in [6.07, 6.45) is 3.69. The highest BCUT2D eigenvalue weighted by atomic mass is 32.2. The molecule has 4 aromatic carbocycles. The van der Waals surface area contributed by atoms with E-state index in [0.29, 0.717) is 5.69 Å². The zero-order valence-corrected chi connectivity index (χ0v) is 22.0. The Morgan fingerprint density at radius 2 is 1.65 bits per heavy atom. The van der Waals surface area contributed by atoms with Gasteiger partial charge in [0.25, 0.3) is 15.9 Å². The monoisotopic (exact) mass is 511 g/mol. The first-order valence-electron chi connectivity index (χ1n) is 12.3. The summed E-state index contributed by atoms with van der Waals surface area (Å²) in [5.41, 5.74) is 9.44. The van der Waals surface area contributed by atoms with Gasteiger partial charge in [0.2, 0.25) is 0 Å². The third-order valence-electron chi connectivity index (χ3n) is 6.98. The number of carbonyl (C=O) groups excluding carboxylic acids is 1. The zero-order valence-electron chi connectivity index (χ0n) is 21.2. The molecule has 1 amide bonds. The summed E-state index contributed by atoms with van der Waals surface area (Å²) in [5.74, 6) is -0.531. The highest BCUT2D eigenvalue weighted by Crippen LogP contribution is 2.32. The number of aryl methyl sites for hydroxylation is 5. The zero-order chi connectivity index (χ0) is 26.2. The molecule has 5 rings (SSSR count). The Morgan fingerprint density at radius 3 is 2.38 bits per heavy atom. The van der Waals surface area contributed by atoms with Crippen molar-refractivity contribution in [3.8, 4) is 0 Å². The fourth-order valence-corrected chi connectivity index (χ4v) is 6.17. The Balaban J connectivity index is 1.40. The number of amides is 1. The molecule has 7 heteroatoms. The molecular formula is C30H29N3O3S. The average molecular weight is 512 g/mol. The van der Waals surface area contributed by atoms with Crippen LogP contribution < -0.4 is 9.73 Å². The van der Waals surface area contributed by atoms with Crippen molar-refractivity contribution >= 4 is 38.6 Å². The van der Waals surface area contributed by atoms with Crippen LogP contribution in [-0.4, -0.2) is 27.1 Å². The number of hydrazone groups is 1. The summed E-state index contributed by atoms with van der Waals surface area (Å²) in [5, 5.41) is 6.54. The van der Waals surface area contributed by atoms with Gasteiger partial charge in [0.1, 0.15) is 6.54 Å². The van der Waals surface area contributed by atoms with Gasteiger partial charge >= 0.3 is 0 Å². The maximum Gasteiger partial charge on any atom is 0.264 e. The van der Waals surface area contributed by atoms with Crippen LogP contribution in [-0.2, 0) is 27.7 Å². The predicted molar refractivity (Wildman–Crippen MR) is 149 cm³/mol. The van der Waals surface area contributed by atoms with Crippen LogP contribution in [0.5, 0.6) is 0 Å². The quantitative estimate of drug-likeness (QED) is 0.273. The SMILES string of the molecule is Cc1ccc(S(=O)(=O)N(CC(=O)N/N=C\c2ccc3c4c(cccc24)CC3)c2ccc(C)c(C)c2)cc1. The minimum atomic E-state index is -3.98. The number of rotatable bonds is 7. The van der Waals surface area contributed by atoms with E-state index in [1.54, 1.807) is 42.6 Å². The molecule has 0 spiro atoms. The molecule has 0 aromatic heterocycles. The predicted octanol–water partition coefficient (Wildman–Crippen LogP) is 5.21. The second kappa shape index (κ2) is 9.82. The number of nitrogens with zero attached hydrogens (tertiary/aromatic N) is 2. The molecule has 0 saturated carbocycles. The van der Waals surface area contributed by atoms with Crippen LogP contribution in [0.3, 0.4) is 0 Å². The summed E-state index contributed by atoms with van der Waals surface area (Å²) < 4.78 is 28.3. The second-order valence-corrected chi connectivity index (χ2v) is 11.4. The van der Waals surface area contributed by atoms with Crippen LogP contribution in [0.15, 0.2) is 82.8 Å². The largest absolute Gasteiger partial charge is 0.271 e. The van der Waals surface area contributed by atoms with Gasteiger partial charge < -0.3 is 0 Å². The molecule has 37 heavy (non-hydrogen) atoms. The average Bonchev–Trinajstić information content (AvgIpc) is 3.30.